The maximum atomic E-state index is 14.2. The summed E-state index contributed by atoms with van der Waals surface area (Å²) < 4.78 is 35.2. The van der Waals surface area contributed by atoms with Crippen LogP contribution < -0.4 is 4.74 Å². The van der Waals surface area contributed by atoms with Crippen LogP contribution in [-0.4, -0.2) is 42.6 Å². The lowest BCUT2D eigenvalue weighted by atomic mass is 9.62. The number of fused-ring (bicyclic) bond motifs is 5. The van der Waals surface area contributed by atoms with Crippen molar-refractivity contribution in [3.63, 3.8) is 0 Å². The van der Waals surface area contributed by atoms with Gasteiger partial charge in [0.2, 0.25) is 5.91 Å². The van der Waals surface area contributed by atoms with Crippen molar-refractivity contribution in [2.75, 3.05) is 19.4 Å². The first-order valence-electron chi connectivity index (χ1n) is 13.9. The second kappa shape index (κ2) is 10.6. The van der Waals surface area contributed by atoms with E-state index in [2.05, 4.69) is 11.8 Å². The molecule has 40 heavy (non-hydrogen) atoms. The number of hydrogen-bond donors (Lipinski definition) is 0. The molecule has 3 aromatic carbocycles. The minimum Gasteiger partial charge on any atom is -0.497 e. The van der Waals surface area contributed by atoms with Gasteiger partial charge in [0.15, 0.2) is 0 Å². The molecule has 208 valence electrons. The molecule has 1 amide bonds. The van der Waals surface area contributed by atoms with E-state index in [0.717, 1.165) is 47.2 Å². The zero-order valence-corrected chi connectivity index (χ0v) is 24.5. The van der Waals surface area contributed by atoms with Crippen molar-refractivity contribution in [3.05, 3.63) is 90.1 Å². The Morgan fingerprint density at radius 1 is 1.00 bits per heavy atom. The third kappa shape index (κ3) is 4.41. The molecule has 6 nitrogen and oxygen atoms in total. The fraction of sp³-hybridized carbons (Fsp3) is 0.344. The molecular weight excluding hydrogens is 540 g/mol. The zero-order chi connectivity index (χ0) is 27.9. The predicted octanol–water partition coefficient (Wildman–Crippen LogP) is 6.69. The summed E-state index contributed by atoms with van der Waals surface area (Å²) in [4.78, 5) is 17.2. The molecule has 6 rings (SSSR count). The maximum absolute atomic E-state index is 14.2. The molecule has 1 fully saturated rings. The van der Waals surface area contributed by atoms with Crippen molar-refractivity contribution in [1.29, 1.82) is 0 Å². The van der Waals surface area contributed by atoms with E-state index < -0.39 is 10.0 Å². The summed E-state index contributed by atoms with van der Waals surface area (Å²) in [5, 5.41) is 0.924. The zero-order valence-electron chi connectivity index (χ0n) is 22.9. The Balaban J connectivity index is 1.48. The number of rotatable bonds is 7. The van der Waals surface area contributed by atoms with Crippen molar-refractivity contribution in [2.45, 2.75) is 54.9 Å². The number of nitrogens with zero attached hydrogens (tertiary/aromatic N) is 2. The van der Waals surface area contributed by atoms with Crippen molar-refractivity contribution in [3.8, 4) is 5.75 Å². The van der Waals surface area contributed by atoms with Crippen LogP contribution in [0.5, 0.6) is 5.75 Å². The number of carbonyl (C=O) groups is 1. The Bertz CT molecular complexity index is 1650. The summed E-state index contributed by atoms with van der Waals surface area (Å²) in [6.07, 6.45) is 4.45. The molecule has 1 aliphatic heterocycles. The topological polar surface area (TPSA) is 68.6 Å². The Morgan fingerprint density at radius 3 is 2.45 bits per heavy atom. The summed E-state index contributed by atoms with van der Waals surface area (Å²) >= 11 is 1.56. The van der Waals surface area contributed by atoms with E-state index in [1.807, 2.05) is 54.6 Å². The maximum Gasteiger partial charge on any atom is 0.268 e. The van der Waals surface area contributed by atoms with Gasteiger partial charge in [-0.25, -0.2) is 12.4 Å². The molecule has 1 aliphatic carbocycles. The van der Waals surface area contributed by atoms with Crippen LogP contribution in [0.25, 0.3) is 10.9 Å². The minimum absolute atomic E-state index is 0.0723. The van der Waals surface area contributed by atoms with Crippen molar-refractivity contribution >= 4 is 38.6 Å². The van der Waals surface area contributed by atoms with Crippen LogP contribution in [0.4, 0.5) is 0 Å². The molecule has 0 saturated carbocycles. The summed E-state index contributed by atoms with van der Waals surface area (Å²) in [7, 11) is -2.32. The number of amides is 1. The lowest BCUT2D eigenvalue weighted by Gasteiger charge is -2.52. The lowest BCUT2D eigenvalue weighted by molar-refractivity contribution is -0.138. The SMILES string of the molecule is CC[C@]12CCCN(C(=O)CSc3ccccc3)[C@H]1c1c(n(S(=O)(=O)c3ccc(OC)cc3)c3ccccc13)CC2. The Hall–Kier alpha value is -3.23. The van der Waals surface area contributed by atoms with Crippen LogP contribution in [-0.2, 0) is 21.2 Å². The number of likely N-dealkylation sites (tertiary alicyclic amines) is 1. The molecule has 0 bridgehead atoms. The monoisotopic (exact) mass is 574 g/mol. The van der Waals surface area contributed by atoms with Crippen LogP contribution in [0.15, 0.2) is 88.7 Å². The standard InChI is InChI=1S/C32H34N2O4S2/c1-3-32-19-9-21-33(29(35)22-39-24-10-5-4-6-11-24)31(32)30-26-12-7-8-13-27(26)34(28(30)18-20-32)40(36,37)25-16-14-23(38-2)15-17-25/h4-8,10-17,31H,3,9,18-22H2,1-2H3/t31-,32+/m0/s1. The van der Waals surface area contributed by atoms with Crippen LogP contribution in [0.3, 0.4) is 0 Å². The fourth-order valence-electron chi connectivity index (χ4n) is 6.81. The second-order valence-corrected chi connectivity index (χ2v) is 13.6. The largest absolute Gasteiger partial charge is 0.497 e. The predicted molar refractivity (Wildman–Crippen MR) is 159 cm³/mol. The number of thioether (sulfide) groups is 1. The Morgan fingerprint density at radius 2 is 1.73 bits per heavy atom. The Kier molecular flexibility index (Phi) is 7.17. The molecule has 1 aromatic heterocycles. The van der Waals surface area contributed by atoms with Gasteiger partial charge in [0, 0.05) is 28.1 Å². The van der Waals surface area contributed by atoms with E-state index >= 15 is 0 Å². The minimum atomic E-state index is -3.88. The van der Waals surface area contributed by atoms with Gasteiger partial charge < -0.3 is 9.64 Å². The first-order chi connectivity index (χ1) is 19.4. The van der Waals surface area contributed by atoms with Gasteiger partial charge in [0.05, 0.1) is 29.3 Å². The third-order valence-corrected chi connectivity index (χ3v) is 11.6. The average Bonchev–Trinajstić information content (AvgIpc) is 3.35. The smallest absolute Gasteiger partial charge is 0.268 e. The van der Waals surface area contributed by atoms with Crippen LogP contribution in [0.2, 0.25) is 0 Å². The first-order valence-corrected chi connectivity index (χ1v) is 16.3. The van der Waals surface area contributed by atoms with Gasteiger partial charge in [-0.05, 0) is 80.0 Å². The molecular formula is C32H34N2O4S2. The van der Waals surface area contributed by atoms with Gasteiger partial charge in [-0.2, -0.15) is 0 Å². The lowest BCUT2D eigenvalue weighted by Crippen LogP contribution is -2.51. The Labute approximate surface area is 240 Å². The number of aromatic nitrogens is 1. The highest BCUT2D eigenvalue weighted by Crippen LogP contribution is 2.57. The van der Waals surface area contributed by atoms with Gasteiger partial charge in [-0.3, -0.25) is 4.79 Å². The normalized spacial score (nSPS) is 20.6. The second-order valence-electron chi connectivity index (χ2n) is 10.7. The average molecular weight is 575 g/mol. The quantitative estimate of drug-likeness (QED) is 0.230. The highest BCUT2D eigenvalue weighted by molar-refractivity contribution is 8.00. The van der Waals surface area contributed by atoms with E-state index in [9.17, 15) is 13.2 Å². The van der Waals surface area contributed by atoms with Crippen LogP contribution in [0, 0.1) is 5.41 Å². The molecule has 1 saturated heterocycles. The van der Waals surface area contributed by atoms with E-state index in [1.165, 1.54) is 0 Å². The van der Waals surface area contributed by atoms with Gasteiger partial charge in [-0.1, -0.05) is 43.3 Å². The van der Waals surface area contributed by atoms with E-state index in [4.69, 9.17) is 4.74 Å². The molecule has 0 N–H and O–H groups in total. The number of piperidine rings is 1. The van der Waals surface area contributed by atoms with Crippen LogP contribution >= 0.6 is 11.8 Å². The summed E-state index contributed by atoms with van der Waals surface area (Å²) in [6, 6.07) is 24.2. The summed E-state index contributed by atoms with van der Waals surface area (Å²) in [5.74, 6) is 1.08. The molecule has 0 unspecified atom stereocenters. The van der Waals surface area contributed by atoms with Crippen LogP contribution in [0.1, 0.15) is 49.9 Å². The first kappa shape index (κ1) is 27.0. The van der Waals surface area contributed by atoms with Gasteiger partial charge in [0.25, 0.3) is 10.0 Å². The van der Waals surface area contributed by atoms with Gasteiger partial charge in [0.1, 0.15) is 5.75 Å². The molecule has 0 spiro atoms. The number of methoxy groups -OCH3 is 1. The van der Waals surface area contributed by atoms with E-state index in [-0.39, 0.29) is 22.3 Å². The molecule has 2 heterocycles. The molecule has 2 aliphatic rings. The molecule has 0 radical (unpaired) electrons. The molecule has 4 aromatic rings. The number of carbonyl (C=O) groups excluding carboxylic acids is 1. The molecule has 8 heteroatoms. The van der Waals surface area contributed by atoms with Gasteiger partial charge >= 0.3 is 0 Å². The van der Waals surface area contributed by atoms with Crippen molar-refractivity contribution in [2.24, 2.45) is 5.41 Å². The number of para-hydroxylation sites is 1. The van der Waals surface area contributed by atoms with E-state index in [0.29, 0.717) is 30.0 Å². The molecule has 2 atom stereocenters. The highest BCUT2D eigenvalue weighted by atomic mass is 32.2. The summed E-state index contributed by atoms with van der Waals surface area (Å²) in [6.45, 7) is 2.91. The number of hydrogen-bond acceptors (Lipinski definition) is 5. The highest BCUT2D eigenvalue weighted by Gasteiger charge is 2.51. The fourth-order valence-corrected chi connectivity index (χ4v) is 9.20. The summed E-state index contributed by atoms with van der Waals surface area (Å²) in [5.41, 5.74) is 2.42. The number of ether oxygens (including phenoxy) is 1. The number of benzene rings is 3. The van der Waals surface area contributed by atoms with Gasteiger partial charge in [-0.15, -0.1) is 11.8 Å². The van der Waals surface area contributed by atoms with Crippen molar-refractivity contribution in [1.82, 2.24) is 8.87 Å². The van der Waals surface area contributed by atoms with E-state index in [1.54, 1.807) is 47.1 Å². The third-order valence-electron chi connectivity index (χ3n) is 8.80. The van der Waals surface area contributed by atoms with Crippen molar-refractivity contribution < 1.29 is 17.9 Å².